The van der Waals surface area contributed by atoms with E-state index < -0.39 is 5.83 Å². The SMILES string of the molecule is F/C(=C\c1ccccc1)c1nc2cc(I)ccc2o1. The molecule has 0 aliphatic heterocycles. The number of fused-ring (bicyclic) bond motifs is 1. The van der Waals surface area contributed by atoms with E-state index in [-0.39, 0.29) is 5.89 Å². The van der Waals surface area contributed by atoms with Crippen molar-refractivity contribution in [3.63, 3.8) is 0 Å². The Morgan fingerprint density at radius 3 is 2.74 bits per heavy atom. The Kier molecular flexibility index (Phi) is 3.33. The largest absolute Gasteiger partial charge is 0.434 e. The highest BCUT2D eigenvalue weighted by molar-refractivity contribution is 14.1. The van der Waals surface area contributed by atoms with Crippen molar-refractivity contribution >= 4 is 45.6 Å². The van der Waals surface area contributed by atoms with E-state index in [0.29, 0.717) is 11.1 Å². The highest BCUT2D eigenvalue weighted by Crippen LogP contribution is 2.24. The molecule has 0 saturated heterocycles. The van der Waals surface area contributed by atoms with Crippen LogP contribution in [0.25, 0.3) is 23.0 Å². The number of oxazole rings is 1. The lowest BCUT2D eigenvalue weighted by atomic mass is 10.2. The molecule has 0 unspecified atom stereocenters. The topological polar surface area (TPSA) is 26.0 Å². The molecule has 3 rings (SSSR count). The van der Waals surface area contributed by atoms with E-state index in [0.717, 1.165) is 9.13 Å². The molecule has 1 heterocycles. The lowest BCUT2D eigenvalue weighted by molar-refractivity contribution is 0.556. The summed E-state index contributed by atoms with van der Waals surface area (Å²) in [7, 11) is 0. The molecule has 0 N–H and O–H groups in total. The van der Waals surface area contributed by atoms with Gasteiger partial charge in [0.2, 0.25) is 0 Å². The third-order valence-electron chi connectivity index (χ3n) is 2.65. The Morgan fingerprint density at radius 1 is 1.16 bits per heavy atom. The van der Waals surface area contributed by atoms with E-state index in [1.165, 1.54) is 6.08 Å². The van der Waals surface area contributed by atoms with Crippen LogP contribution in [-0.2, 0) is 0 Å². The molecule has 0 radical (unpaired) electrons. The van der Waals surface area contributed by atoms with E-state index in [4.69, 9.17) is 4.42 Å². The van der Waals surface area contributed by atoms with Gasteiger partial charge in [-0.05, 0) is 52.4 Å². The maximum Gasteiger partial charge on any atom is 0.256 e. The average molecular weight is 365 g/mol. The van der Waals surface area contributed by atoms with Crippen LogP contribution in [0.5, 0.6) is 0 Å². The predicted octanol–water partition coefficient (Wildman–Crippen LogP) is 4.90. The Bertz CT molecular complexity index is 749. The van der Waals surface area contributed by atoms with Crippen LogP contribution in [0.15, 0.2) is 52.9 Å². The minimum Gasteiger partial charge on any atom is -0.434 e. The van der Waals surface area contributed by atoms with E-state index in [2.05, 4.69) is 27.6 Å². The first kappa shape index (κ1) is 12.3. The zero-order valence-corrected chi connectivity index (χ0v) is 12.0. The van der Waals surface area contributed by atoms with Crippen LogP contribution >= 0.6 is 22.6 Å². The molecule has 94 valence electrons. The van der Waals surface area contributed by atoms with Crippen molar-refractivity contribution in [3.8, 4) is 0 Å². The summed E-state index contributed by atoms with van der Waals surface area (Å²) in [5.74, 6) is -0.460. The minimum absolute atomic E-state index is 0.0147. The normalized spacial score (nSPS) is 12.0. The summed E-state index contributed by atoms with van der Waals surface area (Å²) in [6, 6.07) is 14.8. The van der Waals surface area contributed by atoms with Crippen LogP contribution < -0.4 is 0 Å². The van der Waals surface area contributed by atoms with Crippen LogP contribution in [0.1, 0.15) is 11.5 Å². The predicted molar refractivity (Wildman–Crippen MR) is 82.1 cm³/mol. The minimum atomic E-state index is -0.475. The first-order valence-corrected chi connectivity index (χ1v) is 6.79. The molecular formula is C15H9FINO. The molecule has 1 aromatic heterocycles. The molecule has 0 amide bonds. The number of nitrogens with zero attached hydrogens (tertiary/aromatic N) is 1. The van der Waals surface area contributed by atoms with Crippen LogP contribution in [0.4, 0.5) is 4.39 Å². The van der Waals surface area contributed by atoms with Gasteiger partial charge in [-0.25, -0.2) is 9.37 Å². The van der Waals surface area contributed by atoms with Gasteiger partial charge in [0.25, 0.3) is 5.89 Å². The van der Waals surface area contributed by atoms with Crippen molar-refractivity contribution in [1.82, 2.24) is 4.98 Å². The molecule has 3 aromatic rings. The number of hydrogen-bond donors (Lipinski definition) is 0. The van der Waals surface area contributed by atoms with Gasteiger partial charge in [0.05, 0.1) is 0 Å². The third kappa shape index (κ3) is 2.68. The van der Waals surface area contributed by atoms with Gasteiger partial charge in [-0.15, -0.1) is 0 Å². The molecule has 2 nitrogen and oxygen atoms in total. The van der Waals surface area contributed by atoms with Crippen molar-refractivity contribution in [2.24, 2.45) is 0 Å². The second kappa shape index (κ2) is 5.13. The number of aromatic nitrogens is 1. The van der Waals surface area contributed by atoms with Crippen molar-refractivity contribution in [2.45, 2.75) is 0 Å². The maximum atomic E-state index is 14.1. The summed E-state index contributed by atoms with van der Waals surface area (Å²) < 4.78 is 20.5. The Balaban J connectivity index is 2.02. The Hall–Kier alpha value is -1.69. The van der Waals surface area contributed by atoms with Gasteiger partial charge in [0, 0.05) is 3.57 Å². The molecule has 4 heteroatoms. The fraction of sp³-hybridized carbons (Fsp3) is 0. The standard InChI is InChI=1S/C15H9FINO/c16-12(8-10-4-2-1-3-5-10)15-18-13-9-11(17)6-7-14(13)19-15/h1-9H/b12-8-. The van der Waals surface area contributed by atoms with E-state index in [9.17, 15) is 4.39 Å². The molecule has 0 bridgehead atoms. The molecule has 2 aromatic carbocycles. The lowest BCUT2D eigenvalue weighted by Crippen LogP contribution is -1.78. The summed E-state index contributed by atoms with van der Waals surface area (Å²) in [5.41, 5.74) is 2.03. The number of halogens is 2. The monoisotopic (exact) mass is 365 g/mol. The number of benzene rings is 2. The highest BCUT2D eigenvalue weighted by Gasteiger charge is 2.10. The molecule has 19 heavy (non-hydrogen) atoms. The zero-order chi connectivity index (χ0) is 13.2. The Labute approximate surface area is 123 Å². The van der Waals surface area contributed by atoms with Gasteiger partial charge in [0.15, 0.2) is 11.4 Å². The van der Waals surface area contributed by atoms with Gasteiger partial charge in [-0.3, -0.25) is 0 Å². The Morgan fingerprint density at radius 2 is 1.95 bits per heavy atom. The maximum absolute atomic E-state index is 14.1. The summed E-state index contributed by atoms with van der Waals surface area (Å²) in [5, 5.41) is 0. The summed E-state index contributed by atoms with van der Waals surface area (Å²) in [6.45, 7) is 0. The molecule has 0 aliphatic carbocycles. The average Bonchev–Trinajstić information content (AvgIpc) is 2.83. The molecule has 0 fully saturated rings. The second-order valence-electron chi connectivity index (χ2n) is 4.03. The van der Waals surface area contributed by atoms with Crippen LogP contribution in [0.3, 0.4) is 0 Å². The molecule has 0 saturated carbocycles. The van der Waals surface area contributed by atoms with E-state index in [1.54, 1.807) is 6.07 Å². The molecule has 0 atom stereocenters. The first-order chi connectivity index (χ1) is 9.22. The summed E-state index contributed by atoms with van der Waals surface area (Å²) >= 11 is 2.18. The number of rotatable bonds is 2. The highest BCUT2D eigenvalue weighted by atomic mass is 127. The van der Waals surface area contributed by atoms with Gasteiger partial charge >= 0.3 is 0 Å². The summed E-state index contributed by atoms with van der Waals surface area (Å²) in [6.07, 6.45) is 1.41. The van der Waals surface area contributed by atoms with Crippen molar-refractivity contribution in [1.29, 1.82) is 0 Å². The molecule has 0 spiro atoms. The van der Waals surface area contributed by atoms with Gasteiger partial charge in [-0.2, -0.15) is 0 Å². The van der Waals surface area contributed by atoms with Gasteiger partial charge in [-0.1, -0.05) is 30.3 Å². The second-order valence-corrected chi connectivity index (χ2v) is 5.28. The van der Waals surface area contributed by atoms with Crippen molar-refractivity contribution in [2.75, 3.05) is 0 Å². The summed E-state index contributed by atoms with van der Waals surface area (Å²) in [4.78, 5) is 4.15. The van der Waals surface area contributed by atoms with Crippen molar-refractivity contribution in [3.05, 3.63) is 63.6 Å². The fourth-order valence-corrected chi connectivity index (χ4v) is 2.23. The van der Waals surface area contributed by atoms with Crippen LogP contribution in [0, 0.1) is 3.57 Å². The smallest absolute Gasteiger partial charge is 0.256 e. The molecule has 0 aliphatic rings. The van der Waals surface area contributed by atoms with Gasteiger partial charge in [0.1, 0.15) is 5.52 Å². The quantitative estimate of drug-likeness (QED) is 0.604. The number of hydrogen-bond acceptors (Lipinski definition) is 2. The lowest BCUT2D eigenvalue weighted by Gasteiger charge is -1.92. The van der Waals surface area contributed by atoms with Gasteiger partial charge < -0.3 is 4.42 Å². The fourth-order valence-electron chi connectivity index (χ4n) is 1.76. The van der Waals surface area contributed by atoms with Crippen LogP contribution in [-0.4, -0.2) is 4.98 Å². The van der Waals surface area contributed by atoms with Crippen molar-refractivity contribution < 1.29 is 8.81 Å². The van der Waals surface area contributed by atoms with E-state index in [1.807, 2.05) is 42.5 Å². The molecular weight excluding hydrogens is 356 g/mol. The first-order valence-electron chi connectivity index (χ1n) is 5.71. The van der Waals surface area contributed by atoms with Crippen LogP contribution in [0.2, 0.25) is 0 Å². The third-order valence-corrected chi connectivity index (χ3v) is 3.32. The zero-order valence-electron chi connectivity index (χ0n) is 9.81. The van der Waals surface area contributed by atoms with E-state index >= 15 is 0 Å².